The number of anilines is 1. The molecule has 2 aromatic rings. The third-order valence-corrected chi connectivity index (χ3v) is 4.79. The highest BCUT2D eigenvalue weighted by Gasteiger charge is 2.44. The number of nitrogens with one attached hydrogen (secondary N) is 1. The Balaban J connectivity index is 1.63. The summed E-state index contributed by atoms with van der Waals surface area (Å²) < 4.78 is 5.21. The third kappa shape index (κ3) is 3.37. The van der Waals surface area contributed by atoms with Crippen molar-refractivity contribution in [2.24, 2.45) is 0 Å². The summed E-state index contributed by atoms with van der Waals surface area (Å²) in [6, 6.07) is 15.8. The van der Waals surface area contributed by atoms with E-state index in [4.69, 9.17) is 4.74 Å². The zero-order valence-corrected chi connectivity index (χ0v) is 14.5. The lowest BCUT2D eigenvalue weighted by Crippen LogP contribution is -2.32. The number of methoxy groups -OCH3 is 1. The van der Waals surface area contributed by atoms with Crippen LogP contribution in [0.4, 0.5) is 5.69 Å². The highest BCUT2D eigenvalue weighted by molar-refractivity contribution is 5.94. The minimum Gasteiger partial charge on any atom is -0.497 e. The fourth-order valence-electron chi connectivity index (χ4n) is 2.93. The Labute approximate surface area is 143 Å². The summed E-state index contributed by atoms with van der Waals surface area (Å²) in [5, 5.41) is 3.09. The summed E-state index contributed by atoms with van der Waals surface area (Å²) in [5.41, 5.74) is 3.15. The lowest BCUT2D eigenvalue weighted by molar-refractivity contribution is 0.0949. The number of rotatable bonds is 6. The van der Waals surface area contributed by atoms with Crippen molar-refractivity contribution in [3.63, 3.8) is 0 Å². The Bertz CT molecular complexity index is 701. The van der Waals surface area contributed by atoms with E-state index in [9.17, 15) is 4.79 Å². The molecule has 4 heteroatoms. The van der Waals surface area contributed by atoms with E-state index >= 15 is 0 Å². The number of hydrogen-bond acceptors (Lipinski definition) is 3. The number of hydrogen-bond donors (Lipinski definition) is 1. The molecule has 0 aliphatic heterocycles. The van der Waals surface area contributed by atoms with Crippen LogP contribution >= 0.6 is 0 Å². The molecule has 1 saturated carbocycles. The molecular formula is C20H24N2O2. The van der Waals surface area contributed by atoms with Crippen LogP contribution < -0.4 is 15.0 Å². The van der Waals surface area contributed by atoms with Crippen molar-refractivity contribution in [3.8, 4) is 5.75 Å². The van der Waals surface area contributed by atoms with E-state index in [1.54, 1.807) is 7.11 Å². The van der Waals surface area contributed by atoms with E-state index in [-0.39, 0.29) is 11.3 Å². The highest BCUT2D eigenvalue weighted by Crippen LogP contribution is 2.47. The predicted octanol–water partition coefficient (Wildman–Crippen LogP) is 3.22. The molecule has 1 aliphatic rings. The summed E-state index contributed by atoms with van der Waals surface area (Å²) in [5.74, 6) is 0.847. The Morgan fingerprint density at radius 1 is 1.08 bits per heavy atom. The second-order valence-electron chi connectivity index (χ2n) is 6.63. The molecule has 1 aliphatic carbocycles. The first kappa shape index (κ1) is 16.4. The van der Waals surface area contributed by atoms with Gasteiger partial charge in [0.25, 0.3) is 5.91 Å². The second-order valence-corrected chi connectivity index (χ2v) is 6.63. The SMILES string of the molecule is COc1ccc(C2(CNC(=O)c3ccc(N(C)C)cc3)CC2)cc1. The maximum atomic E-state index is 12.4. The lowest BCUT2D eigenvalue weighted by atomic mass is 9.95. The summed E-state index contributed by atoms with van der Waals surface area (Å²) in [7, 11) is 5.64. The van der Waals surface area contributed by atoms with Crippen LogP contribution in [0, 0.1) is 0 Å². The maximum Gasteiger partial charge on any atom is 0.251 e. The summed E-state index contributed by atoms with van der Waals surface area (Å²) in [6.45, 7) is 0.674. The van der Waals surface area contributed by atoms with Crippen LogP contribution in [-0.2, 0) is 5.41 Å². The van der Waals surface area contributed by atoms with Gasteiger partial charge in [-0.3, -0.25) is 4.79 Å². The molecule has 0 bridgehead atoms. The number of nitrogens with zero attached hydrogens (tertiary/aromatic N) is 1. The topological polar surface area (TPSA) is 41.6 Å². The molecule has 24 heavy (non-hydrogen) atoms. The molecule has 4 nitrogen and oxygen atoms in total. The van der Waals surface area contributed by atoms with Crippen molar-refractivity contribution < 1.29 is 9.53 Å². The van der Waals surface area contributed by atoms with Crippen LogP contribution in [0.15, 0.2) is 48.5 Å². The predicted molar refractivity (Wildman–Crippen MR) is 97.0 cm³/mol. The second kappa shape index (κ2) is 6.56. The first-order valence-electron chi connectivity index (χ1n) is 8.24. The van der Waals surface area contributed by atoms with Gasteiger partial charge in [-0.25, -0.2) is 0 Å². The normalized spacial score (nSPS) is 14.8. The van der Waals surface area contributed by atoms with Crippen molar-refractivity contribution in [2.45, 2.75) is 18.3 Å². The van der Waals surface area contributed by atoms with Gasteiger partial charge in [0, 0.05) is 37.3 Å². The van der Waals surface area contributed by atoms with Gasteiger partial charge in [-0.1, -0.05) is 12.1 Å². The van der Waals surface area contributed by atoms with E-state index in [0.29, 0.717) is 12.1 Å². The third-order valence-electron chi connectivity index (χ3n) is 4.79. The quantitative estimate of drug-likeness (QED) is 0.887. The van der Waals surface area contributed by atoms with E-state index in [1.807, 2.05) is 55.4 Å². The number of carbonyl (C=O) groups excluding carboxylic acids is 1. The molecule has 0 atom stereocenters. The van der Waals surface area contributed by atoms with Gasteiger partial charge in [-0.15, -0.1) is 0 Å². The molecular weight excluding hydrogens is 300 g/mol. The van der Waals surface area contributed by atoms with Crippen LogP contribution in [0.25, 0.3) is 0 Å². The zero-order valence-electron chi connectivity index (χ0n) is 14.5. The molecule has 0 saturated heterocycles. The minimum atomic E-state index is -0.0138. The van der Waals surface area contributed by atoms with Gasteiger partial charge in [0.1, 0.15) is 5.75 Å². The zero-order chi connectivity index (χ0) is 17.2. The molecule has 1 amide bonds. The van der Waals surface area contributed by atoms with Crippen molar-refractivity contribution in [2.75, 3.05) is 32.6 Å². The minimum absolute atomic E-state index is 0.0138. The first-order valence-corrected chi connectivity index (χ1v) is 8.24. The number of benzene rings is 2. The average molecular weight is 324 g/mol. The fourth-order valence-corrected chi connectivity index (χ4v) is 2.93. The molecule has 0 unspecified atom stereocenters. The fraction of sp³-hybridized carbons (Fsp3) is 0.350. The van der Waals surface area contributed by atoms with Gasteiger partial charge < -0.3 is 15.0 Å². The Morgan fingerprint density at radius 2 is 1.71 bits per heavy atom. The number of amides is 1. The molecule has 0 spiro atoms. The highest BCUT2D eigenvalue weighted by atomic mass is 16.5. The van der Waals surface area contributed by atoms with Gasteiger partial charge in [0.15, 0.2) is 0 Å². The molecule has 1 N–H and O–H groups in total. The lowest BCUT2D eigenvalue weighted by Gasteiger charge is -2.17. The van der Waals surface area contributed by atoms with Crippen molar-refractivity contribution >= 4 is 11.6 Å². The van der Waals surface area contributed by atoms with E-state index < -0.39 is 0 Å². The van der Waals surface area contributed by atoms with Gasteiger partial charge in [-0.2, -0.15) is 0 Å². The molecule has 0 heterocycles. The van der Waals surface area contributed by atoms with Gasteiger partial charge >= 0.3 is 0 Å². The van der Waals surface area contributed by atoms with Gasteiger partial charge in [0.05, 0.1) is 7.11 Å². The largest absolute Gasteiger partial charge is 0.497 e. The van der Waals surface area contributed by atoms with Crippen molar-refractivity contribution in [3.05, 3.63) is 59.7 Å². The van der Waals surface area contributed by atoms with Crippen molar-refractivity contribution in [1.82, 2.24) is 5.32 Å². The smallest absolute Gasteiger partial charge is 0.251 e. The maximum absolute atomic E-state index is 12.4. The van der Waals surface area contributed by atoms with Gasteiger partial charge in [-0.05, 0) is 54.8 Å². The molecule has 1 fully saturated rings. The van der Waals surface area contributed by atoms with Crippen LogP contribution in [0.5, 0.6) is 5.75 Å². The number of ether oxygens (including phenoxy) is 1. The molecule has 2 aromatic carbocycles. The molecule has 126 valence electrons. The molecule has 0 radical (unpaired) electrons. The van der Waals surface area contributed by atoms with Crippen LogP contribution in [0.3, 0.4) is 0 Å². The molecule has 3 rings (SSSR count). The summed E-state index contributed by atoms with van der Waals surface area (Å²) in [6.07, 6.45) is 2.22. The van der Waals surface area contributed by atoms with E-state index in [1.165, 1.54) is 5.56 Å². The van der Waals surface area contributed by atoms with Crippen LogP contribution in [-0.4, -0.2) is 33.7 Å². The average Bonchev–Trinajstić information content (AvgIpc) is 3.41. The Morgan fingerprint density at radius 3 is 2.21 bits per heavy atom. The summed E-state index contributed by atoms with van der Waals surface area (Å²) in [4.78, 5) is 14.4. The van der Waals surface area contributed by atoms with Crippen LogP contribution in [0.2, 0.25) is 0 Å². The van der Waals surface area contributed by atoms with Gasteiger partial charge in [0.2, 0.25) is 0 Å². The Kier molecular flexibility index (Phi) is 4.47. The monoisotopic (exact) mass is 324 g/mol. The van der Waals surface area contributed by atoms with Crippen LogP contribution in [0.1, 0.15) is 28.8 Å². The Hall–Kier alpha value is -2.49. The molecule has 0 aromatic heterocycles. The first-order chi connectivity index (χ1) is 11.5. The van der Waals surface area contributed by atoms with E-state index in [2.05, 4.69) is 17.4 Å². The van der Waals surface area contributed by atoms with E-state index in [0.717, 1.165) is 24.3 Å². The summed E-state index contributed by atoms with van der Waals surface area (Å²) >= 11 is 0. The number of carbonyl (C=O) groups is 1. The van der Waals surface area contributed by atoms with Crippen molar-refractivity contribution in [1.29, 1.82) is 0 Å². The standard InChI is InChI=1S/C20H24N2O2/c1-22(2)17-8-4-15(5-9-17)19(23)21-14-20(12-13-20)16-6-10-18(24-3)11-7-16/h4-11H,12-14H2,1-3H3,(H,21,23).